The zero-order valence-electron chi connectivity index (χ0n) is 9.57. The predicted octanol–water partition coefficient (Wildman–Crippen LogP) is 1.54. The van der Waals surface area contributed by atoms with E-state index in [-0.39, 0.29) is 18.0 Å². The van der Waals surface area contributed by atoms with Gasteiger partial charge in [-0.1, -0.05) is 0 Å². The van der Waals surface area contributed by atoms with Crippen LogP contribution in [-0.2, 0) is 4.74 Å². The Labute approximate surface area is 108 Å². The number of morpholine rings is 1. The van der Waals surface area contributed by atoms with Crippen molar-refractivity contribution in [2.45, 2.75) is 19.1 Å². The molecule has 1 aliphatic rings. The second kappa shape index (κ2) is 5.29. The number of hydrogen-bond acceptors (Lipinski definition) is 4. The molecule has 0 spiro atoms. The van der Waals surface area contributed by atoms with Gasteiger partial charge in [-0.2, -0.15) is 0 Å². The lowest BCUT2D eigenvalue weighted by molar-refractivity contribution is 0.0271. The summed E-state index contributed by atoms with van der Waals surface area (Å²) in [6.07, 6.45) is 1.52. The number of halogens is 2. The Morgan fingerprint density at radius 1 is 1.71 bits per heavy atom. The fraction of sp³-hybridized carbons (Fsp3) is 0.545. The molecule has 0 saturated carbocycles. The molecule has 1 aliphatic heterocycles. The van der Waals surface area contributed by atoms with E-state index >= 15 is 0 Å². The summed E-state index contributed by atoms with van der Waals surface area (Å²) in [6.45, 7) is 3.64. The number of rotatable bonds is 2. The summed E-state index contributed by atoms with van der Waals surface area (Å²) >= 11 is 3.19. The second-order valence-corrected chi connectivity index (χ2v) is 5.09. The molecule has 94 valence electrons. The summed E-state index contributed by atoms with van der Waals surface area (Å²) in [4.78, 5) is 5.98. The first kappa shape index (κ1) is 12.7. The van der Waals surface area contributed by atoms with Crippen molar-refractivity contribution in [1.82, 2.24) is 4.98 Å². The van der Waals surface area contributed by atoms with Gasteiger partial charge in [-0.25, -0.2) is 9.37 Å². The standard InChI is InChI=1S/C11H15BrFN3O/c1-7(14)10-6-16(2-3-17-10)11-9(13)4-8(12)5-15-11/h4-5,7,10H,2-3,6,14H2,1H3. The van der Waals surface area contributed by atoms with Crippen molar-refractivity contribution < 1.29 is 9.13 Å². The van der Waals surface area contributed by atoms with Gasteiger partial charge in [-0.3, -0.25) is 0 Å². The van der Waals surface area contributed by atoms with Gasteiger partial charge in [0.2, 0.25) is 0 Å². The molecular formula is C11H15BrFN3O. The van der Waals surface area contributed by atoms with E-state index in [4.69, 9.17) is 10.5 Å². The van der Waals surface area contributed by atoms with E-state index in [1.165, 1.54) is 6.07 Å². The van der Waals surface area contributed by atoms with Crippen LogP contribution >= 0.6 is 15.9 Å². The second-order valence-electron chi connectivity index (χ2n) is 4.17. The molecule has 4 nitrogen and oxygen atoms in total. The van der Waals surface area contributed by atoms with Crippen molar-refractivity contribution in [2.24, 2.45) is 5.73 Å². The maximum absolute atomic E-state index is 13.8. The third-order valence-electron chi connectivity index (χ3n) is 2.77. The minimum atomic E-state index is -0.329. The van der Waals surface area contributed by atoms with Crippen molar-refractivity contribution in [3.05, 3.63) is 22.6 Å². The Bertz CT molecular complexity index is 402. The number of ether oxygens (including phenoxy) is 1. The monoisotopic (exact) mass is 303 g/mol. The summed E-state index contributed by atoms with van der Waals surface area (Å²) in [5, 5.41) is 0. The van der Waals surface area contributed by atoms with Crippen LogP contribution in [0.2, 0.25) is 0 Å². The third kappa shape index (κ3) is 2.94. The van der Waals surface area contributed by atoms with Crippen LogP contribution in [0.5, 0.6) is 0 Å². The van der Waals surface area contributed by atoms with E-state index in [0.29, 0.717) is 30.0 Å². The van der Waals surface area contributed by atoms with Gasteiger partial charge in [0.25, 0.3) is 0 Å². The minimum Gasteiger partial charge on any atom is -0.373 e. The molecule has 0 aliphatic carbocycles. The molecule has 2 atom stereocenters. The van der Waals surface area contributed by atoms with Crippen LogP contribution in [0.4, 0.5) is 10.2 Å². The summed E-state index contributed by atoms with van der Waals surface area (Å²) in [5.41, 5.74) is 5.80. The topological polar surface area (TPSA) is 51.4 Å². The highest BCUT2D eigenvalue weighted by atomic mass is 79.9. The molecule has 2 heterocycles. The molecule has 6 heteroatoms. The van der Waals surface area contributed by atoms with Gasteiger partial charge in [0.1, 0.15) is 0 Å². The lowest BCUT2D eigenvalue weighted by atomic mass is 10.1. The zero-order valence-corrected chi connectivity index (χ0v) is 11.2. The fourth-order valence-corrected chi connectivity index (χ4v) is 2.13. The molecule has 1 aromatic heterocycles. The molecular weight excluding hydrogens is 289 g/mol. The highest BCUT2D eigenvalue weighted by Gasteiger charge is 2.25. The summed E-state index contributed by atoms with van der Waals surface area (Å²) in [6, 6.07) is 1.34. The lowest BCUT2D eigenvalue weighted by Gasteiger charge is -2.35. The van der Waals surface area contributed by atoms with E-state index in [1.807, 2.05) is 11.8 Å². The molecule has 0 aromatic carbocycles. The smallest absolute Gasteiger partial charge is 0.166 e. The molecule has 0 amide bonds. The average Bonchev–Trinajstić information content (AvgIpc) is 2.29. The minimum absolute atomic E-state index is 0.0729. The molecule has 0 radical (unpaired) electrons. The van der Waals surface area contributed by atoms with Gasteiger partial charge in [0, 0.05) is 29.8 Å². The van der Waals surface area contributed by atoms with Crippen molar-refractivity contribution in [2.75, 3.05) is 24.6 Å². The van der Waals surface area contributed by atoms with Gasteiger partial charge in [-0.05, 0) is 28.9 Å². The van der Waals surface area contributed by atoms with E-state index in [9.17, 15) is 4.39 Å². The average molecular weight is 304 g/mol. The Morgan fingerprint density at radius 3 is 3.12 bits per heavy atom. The molecule has 0 bridgehead atoms. The molecule has 1 fully saturated rings. The number of pyridine rings is 1. The number of nitrogens with two attached hydrogens (primary N) is 1. The van der Waals surface area contributed by atoms with E-state index in [2.05, 4.69) is 20.9 Å². The van der Waals surface area contributed by atoms with Crippen LogP contribution in [-0.4, -0.2) is 36.8 Å². The molecule has 2 unspecified atom stereocenters. The molecule has 1 saturated heterocycles. The molecule has 2 rings (SSSR count). The molecule has 2 N–H and O–H groups in total. The SMILES string of the molecule is CC(N)C1CN(c2ncc(Br)cc2F)CCO1. The summed E-state index contributed by atoms with van der Waals surface area (Å²) in [5.74, 6) is 0.0341. The first-order chi connectivity index (χ1) is 8.08. The van der Waals surface area contributed by atoms with E-state index < -0.39 is 0 Å². The van der Waals surface area contributed by atoms with E-state index in [0.717, 1.165) is 0 Å². The molecule has 17 heavy (non-hydrogen) atoms. The number of anilines is 1. The Kier molecular flexibility index (Phi) is 3.96. The normalized spacial score (nSPS) is 22.6. The van der Waals surface area contributed by atoms with Crippen LogP contribution < -0.4 is 10.6 Å². The van der Waals surface area contributed by atoms with Crippen molar-refractivity contribution >= 4 is 21.7 Å². The van der Waals surface area contributed by atoms with Gasteiger partial charge in [0.05, 0.1) is 12.7 Å². The first-order valence-electron chi connectivity index (χ1n) is 5.51. The lowest BCUT2D eigenvalue weighted by Crippen LogP contribution is -2.50. The fourth-order valence-electron chi connectivity index (χ4n) is 1.83. The van der Waals surface area contributed by atoms with Crippen molar-refractivity contribution in [3.8, 4) is 0 Å². The van der Waals surface area contributed by atoms with Gasteiger partial charge < -0.3 is 15.4 Å². The number of aromatic nitrogens is 1. The van der Waals surface area contributed by atoms with Crippen LogP contribution in [0.15, 0.2) is 16.7 Å². The summed E-state index contributed by atoms with van der Waals surface area (Å²) < 4.78 is 19.9. The highest BCUT2D eigenvalue weighted by Crippen LogP contribution is 2.22. The van der Waals surface area contributed by atoms with Crippen LogP contribution in [0, 0.1) is 5.82 Å². The number of hydrogen-bond donors (Lipinski definition) is 1. The van der Waals surface area contributed by atoms with Crippen LogP contribution in [0.25, 0.3) is 0 Å². The third-order valence-corrected chi connectivity index (χ3v) is 3.20. The Morgan fingerprint density at radius 2 is 2.47 bits per heavy atom. The van der Waals surface area contributed by atoms with Crippen molar-refractivity contribution in [1.29, 1.82) is 0 Å². The Hall–Kier alpha value is -0.720. The largest absolute Gasteiger partial charge is 0.373 e. The van der Waals surface area contributed by atoms with Gasteiger partial charge in [0.15, 0.2) is 11.6 Å². The van der Waals surface area contributed by atoms with E-state index in [1.54, 1.807) is 6.20 Å². The number of nitrogens with zero attached hydrogens (tertiary/aromatic N) is 2. The molecule has 1 aromatic rings. The zero-order chi connectivity index (χ0) is 12.4. The van der Waals surface area contributed by atoms with Gasteiger partial charge in [-0.15, -0.1) is 0 Å². The summed E-state index contributed by atoms with van der Waals surface area (Å²) in [7, 11) is 0. The first-order valence-corrected chi connectivity index (χ1v) is 6.30. The maximum Gasteiger partial charge on any atom is 0.166 e. The maximum atomic E-state index is 13.8. The predicted molar refractivity (Wildman–Crippen MR) is 67.5 cm³/mol. The quantitative estimate of drug-likeness (QED) is 0.900. The highest BCUT2D eigenvalue weighted by molar-refractivity contribution is 9.10. The van der Waals surface area contributed by atoms with Crippen LogP contribution in [0.3, 0.4) is 0 Å². The van der Waals surface area contributed by atoms with Crippen LogP contribution in [0.1, 0.15) is 6.92 Å². The van der Waals surface area contributed by atoms with Crippen molar-refractivity contribution in [3.63, 3.8) is 0 Å². The Balaban J connectivity index is 2.16. The van der Waals surface area contributed by atoms with Gasteiger partial charge >= 0.3 is 0 Å².